The second-order valence-electron chi connectivity index (χ2n) is 6.57. The van der Waals surface area contributed by atoms with Crippen LogP contribution in [-0.2, 0) is 11.2 Å². The van der Waals surface area contributed by atoms with E-state index >= 15 is 0 Å². The predicted molar refractivity (Wildman–Crippen MR) is 111 cm³/mol. The van der Waals surface area contributed by atoms with Crippen LogP contribution >= 0.6 is 0 Å². The second kappa shape index (κ2) is 7.56. The van der Waals surface area contributed by atoms with E-state index in [1.54, 1.807) is 7.11 Å². The topological polar surface area (TPSA) is 56.1 Å². The van der Waals surface area contributed by atoms with Crippen molar-refractivity contribution in [3.8, 4) is 11.4 Å². The Labute approximate surface area is 163 Å². The molecule has 0 saturated heterocycles. The standard InChI is InChI=1S/C23H21N3O2/c1-16-24-20-15-18(12-13-21(20)26(16)19-9-4-3-5-10-19)25-23(27)14-17-8-6-7-11-22(17)28-2/h3-13,15H,14H2,1-2H3,(H,25,27). The van der Waals surface area contributed by atoms with Gasteiger partial charge in [0.25, 0.3) is 0 Å². The molecule has 1 aromatic heterocycles. The molecule has 4 rings (SSSR count). The van der Waals surface area contributed by atoms with Crippen LogP contribution in [0.1, 0.15) is 11.4 Å². The van der Waals surface area contributed by atoms with Gasteiger partial charge in [0.2, 0.25) is 5.91 Å². The number of aromatic nitrogens is 2. The molecule has 0 aliphatic rings. The van der Waals surface area contributed by atoms with Crippen molar-refractivity contribution in [2.45, 2.75) is 13.3 Å². The van der Waals surface area contributed by atoms with Crippen molar-refractivity contribution in [1.29, 1.82) is 0 Å². The highest BCUT2D eigenvalue weighted by atomic mass is 16.5. The van der Waals surface area contributed by atoms with Crippen LogP contribution in [0.25, 0.3) is 16.7 Å². The summed E-state index contributed by atoms with van der Waals surface area (Å²) < 4.78 is 7.43. The lowest BCUT2D eigenvalue weighted by Gasteiger charge is -2.09. The van der Waals surface area contributed by atoms with Gasteiger partial charge in [-0.2, -0.15) is 0 Å². The zero-order valence-corrected chi connectivity index (χ0v) is 15.8. The fraction of sp³-hybridized carbons (Fsp3) is 0.130. The van der Waals surface area contributed by atoms with E-state index in [1.165, 1.54) is 0 Å². The molecule has 28 heavy (non-hydrogen) atoms. The minimum atomic E-state index is -0.0944. The van der Waals surface area contributed by atoms with Crippen LogP contribution in [0, 0.1) is 6.92 Å². The van der Waals surface area contributed by atoms with Gasteiger partial charge in [-0.15, -0.1) is 0 Å². The Hall–Kier alpha value is -3.60. The molecule has 1 heterocycles. The Bertz CT molecular complexity index is 1130. The molecule has 0 bridgehead atoms. The molecule has 0 fully saturated rings. The first-order chi connectivity index (χ1) is 13.7. The molecule has 140 valence electrons. The zero-order valence-electron chi connectivity index (χ0n) is 15.8. The predicted octanol–water partition coefficient (Wildman–Crippen LogP) is 4.52. The number of methoxy groups -OCH3 is 1. The third-order valence-corrected chi connectivity index (χ3v) is 4.66. The number of hydrogen-bond donors (Lipinski definition) is 1. The van der Waals surface area contributed by atoms with E-state index in [1.807, 2.05) is 67.6 Å². The Morgan fingerprint density at radius 3 is 2.57 bits per heavy atom. The second-order valence-corrected chi connectivity index (χ2v) is 6.57. The van der Waals surface area contributed by atoms with Crippen LogP contribution in [0.4, 0.5) is 5.69 Å². The van der Waals surface area contributed by atoms with Crippen molar-refractivity contribution in [2.75, 3.05) is 12.4 Å². The number of amides is 1. The Balaban J connectivity index is 1.58. The van der Waals surface area contributed by atoms with Crippen molar-refractivity contribution < 1.29 is 9.53 Å². The number of hydrogen-bond acceptors (Lipinski definition) is 3. The van der Waals surface area contributed by atoms with Crippen molar-refractivity contribution in [2.24, 2.45) is 0 Å². The number of imidazole rings is 1. The van der Waals surface area contributed by atoms with E-state index < -0.39 is 0 Å². The number of carbonyl (C=O) groups is 1. The number of para-hydroxylation sites is 2. The number of benzene rings is 3. The molecule has 0 unspecified atom stereocenters. The summed E-state index contributed by atoms with van der Waals surface area (Å²) in [7, 11) is 1.61. The highest BCUT2D eigenvalue weighted by Gasteiger charge is 2.12. The van der Waals surface area contributed by atoms with Crippen molar-refractivity contribution in [3.05, 3.63) is 84.2 Å². The molecular formula is C23H21N3O2. The number of fused-ring (bicyclic) bond motifs is 1. The number of anilines is 1. The summed E-state index contributed by atoms with van der Waals surface area (Å²) in [6.45, 7) is 1.98. The normalized spacial score (nSPS) is 10.8. The summed E-state index contributed by atoms with van der Waals surface area (Å²) in [5, 5.41) is 2.96. The SMILES string of the molecule is COc1ccccc1CC(=O)Nc1ccc2c(c1)nc(C)n2-c1ccccc1. The summed E-state index contributed by atoms with van der Waals surface area (Å²) in [6.07, 6.45) is 0.250. The summed E-state index contributed by atoms with van der Waals surface area (Å²) in [5.74, 6) is 1.52. The van der Waals surface area contributed by atoms with E-state index in [2.05, 4.69) is 27.0 Å². The molecule has 0 aliphatic heterocycles. The summed E-state index contributed by atoms with van der Waals surface area (Å²) in [5.41, 5.74) is 4.50. The van der Waals surface area contributed by atoms with Crippen molar-refractivity contribution >= 4 is 22.6 Å². The molecular weight excluding hydrogens is 350 g/mol. The van der Waals surface area contributed by atoms with Crippen LogP contribution in [0.15, 0.2) is 72.8 Å². The lowest BCUT2D eigenvalue weighted by atomic mass is 10.1. The average Bonchev–Trinajstić information content (AvgIpc) is 3.04. The van der Waals surface area contributed by atoms with Gasteiger partial charge in [0.05, 0.1) is 24.6 Å². The molecule has 5 heteroatoms. The number of nitrogens with one attached hydrogen (secondary N) is 1. The smallest absolute Gasteiger partial charge is 0.228 e. The van der Waals surface area contributed by atoms with Crippen molar-refractivity contribution in [3.63, 3.8) is 0 Å². The first kappa shape index (κ1) is 17.8. The number of ether oxygens (including phenoxy) is 1. The number of carbonyl (C=O) groups excluding carboxylic acids is 1. The van der Waals surface area contributed by atoms with Gasteiger partial charge < -0.3 is 10.1 Å². The summed E-state index contributed by atoms with van der Waals surface area (Å²) >= 11 is 0. The highest BCUT2D eigenvalue weighted by Crippen LogP contribution is 2.24. The Kier molecular flexibility index (Phi) is 4.81. The molecule has 1 N–H and O–H groups in total. The third-order valence-electron chi connectivity index (χ3n) is 4.66. The number of rotatable bonds is 5. The van der Waals surface area contributed by atoms with Gasteiger partial charge in [0.1, 0.15) is 11.6 Å². The largest absolute Gasteiger partial charge is 0.496 e. The highest BCUT2D eigenvalue weighted by molar-refractivity contribution is 5.94. The maximum atomic E-state index is 12.5. The van der Waals surface area contributed by atoms with Crippen LogP contribution in [0.2, 0.25) is 0 Å². The first-order valence-corrected chi connectivity index (χ1v) is 9.12. The molecule has 5 nitrogen and oxygen atoms in total. The van der Waals surface area contributed by atoms with Gasteiger partial charge in [-0.1, -0.05) is 36.4 Å². The monoisotopic (exact) mass is 371 g/mol. The lowest BCUT2D eigenvalue weighted by molar-refractivity contribution is -0.115. The molecule has 0 radical (unpaired) electrons. The fourth-order valence-corrected chi connectivity index (χ4v) is 3.41. The van der Waals surface area contributed by atoms with Crippen LogP contribution in [0.3, 0.4) is 0 Å². The Morgan fingerprint density at radius 2 is 1.79 bits per heavy atom. The van der Waals surface area contributed by atoms with Crippen molar-refractivity contribution in [1.82, 2.24) is 9.55 Å². The van der Waals surface area contributed by atoms with Gasteiger partial charge in [-0.3, -0.25) is 9.36 Å². The maximum Gasteiger partial charge on any atom is 0.228 e. The van der Waals surface area contributed by atoms with E-state index in [9.17, 15) is 4.79 Å². The quantitative estimate of drug-likeness (QED) is 0.561. The molecule has 0 saturated carbocycles. The third kappa shape index (κ3) is 3.47. The van der Waals surface area contributed by atoms with Crippen LogP contribution in [0.5, 0.6) is 5.75 Å². The van der Waals surface area contributed by atoms with E-state index in [0.717, 1.165) is 33.8 Å². The molecule has 1 amide bonds. The van der Waals surface area contributed by atoms with Gasteiger partial charge in [0.15, 0.2) is 0 Å². The van der Waals surface area contributed by atoms with Crippen LogP contribution < -0.4 is 10.1 Å². The minimum Gasteiger partial charge on any atom is -0.496 e. The summed E-state index contributed by atoms with van der Waals surface area (Å²) in [6, 6.07) is 23.4. The van der Waals surface area contributed by atoms with Gasteiger partial charge in [0, 0.05) is 16.9 Å². The zero-order chi connectivity index (χ0) is 19.5. The first-order valence-electron chi connectivity index (χ1n) is 9.12. The fourth-order valence-electron chi connectivity index (χ4n) is 3.41. The van der Waals surface area contributed by atoms with Gasteiger partial charge >= 0.3 is 0 Å². The van der Waals surface area contributed by atoms with E-state index in [4.69, 9.17) is 4.74 Å². The van der Waals surface area contributed by atoms with E-state index in [-0.39, 0.29) is 12.3 Å². The molecule has 4 aromatic rings. The average molecular weight is 371 g/mol. The lowest BCUT2D eigenvalue weighted by Crippen LogP contribution is -2.14. The maximum absolute atomic E-state index is 12.5. The van der Waals surface area contributed by atoms with Gasteiger partial charge in [-0.25, -0.2) is 4.98 Å². The Morgan fingerprint density at radius 1 is 1.04 bits per heavy atom. The minimum absolute atomic E-state index is 0.0944. The van der Waals surface area contributed by atoms with E-state index in [0.29, 0.717) is 5.75 Å². The molecule has 0 spiro atoms. The van der Waals surface area contributed by atoms with Gasteiger partial charge in [-0.05, 0) is 43.3 Å². The number of nitrogens with zero attached hydrogens (tertiary/aromatic N) is 2. The summed E-state index contributed by atoms with van der Waals surface area (Å²) in [4.78, 5) is 17.1. The molecule has 0 atom stereocenters. The molecule has 0 aliphatic carbocycles. The number of aryl methyl sites for hydroxylation is 1. The molecule has 3 aromatic carbocycles. The van der Waals surface area contributed by atoms with Crippen LogP contribution in [-0.4, -0.2) is 22.6 Å².